The molecule has 19 heavy (non-hydrogen) atoms. The maximum absolute atomic E-state index is 12.7. The molecule has 1 aromatic rings. The van der Waals surface area contributed by atoms with Crippen molar-refractivity contribution in [3.63, 3.8) is 0 Å². The second kappa shape index (κ2) is 5.24. The molecule has 0 spiro atoms. The summed E-state index contributed by atoms with van der Waals surface area (Å²) in [5, 5.41) is 0. The maximum atomic E-state index is 12.7. The molecule has 0 aliphatic carbocycles. The molecule has 0 amide bonds. The summed E-state index contributed by atoms with van der Waals surface area (Å²) >= 11 is 0. The Balaban J connectivity index is 2.34. The Bertz CT molecular complexity index is 553. The van der Waals surface area contributed by atoms with Crippen molar-refractivity contribution in [1.29, 1.82) is 0 Å². The van der Waals surface area contributed by atoms with Crippen LogP contribution in [0.15, 0.2) is 15.4 Å². The number of nitrogens with two attached hydrogens (primary N) is 1. The van der Waals surface area contributed by atoms with Crippen LogP contribution in [0.2, 0.25) is 0 Å². The third-order valence-corrected chi connectivity index (χ3v) is 5.60. The summed E-state index contributed by atoms with van der Waals surface area (Å²) in [5.41, 5.74) is 5.49. The van der Waals surface area contributed by atoms with Crippen molar-refractivity contribution in [2.75, 3.05) is 26.7 Å². The average Bonchev–Trinajstić information content (AvgIpc) is 2.70. The SMILES string of the molecule is Cc1oc(CN)cc1S(=O)(=O)N1CCN(C)CC1C. The van der Waals surface area contributed by atoms with E-state index >= 15 is 0 Å². The van der Waals surface area contributed by atoms with Crippen molar-refractivity contribution < 1.29 is 12.8 Å². The molecular weight excluding hydrogens is 266 g/mol. The summed E-state index contributed by atoms with van der Waals surface area (Å²) in [7, 11) is -1.50. The monoisotopic (exact) mass is 287 g/mol. The molecule has 1 unspecified atom stereocenters. The van der Waals surface area contributed by atoms with Gasteiger partial charge >= 0.3 is 0 Å². The van der Waals surface area contributed by atoms with Crippen molar-refractivity contribution >= 4 is 10.0 Å². The summed E-state index contributed by atoms with van der Waals surface area (Å²) in [4.78, 5) is 2.37. The number of hydrogen-bond acceptors (Lipinski definition) is 5. The lowest BCUT2D eigenvalue weighted by molar-refractivity contribution is 0.170. The van der Waals surface area contributed by atoms with Gasteiger partial charge in [-0.3, -0.25) is 0 Å². The largest absolute Gasteiger partial charge is 0.464 e. The van der Waals surface area contributed by atoms with Gasteiger partial charge in [0.15, 0.2) is 0 Å². The third kappa shape index (κ3) is 2.69. The molecule has 108 valence electrons. The second-order valence-corrected chi connectivity index (χ2v) is 6.92. The van der Waals surface area contributed by atoms with Crippen molar-refractivity contribution in [3.8, 4) is 0 Å². The predicted octanol–water partition coefficient (Wildman–Crippen LogP) is 0.371. The average molecular weight is 287 g/mol. The Morgan fingerprint density at radius 3 is 2.68 bits per heavy atom. The third-order valence-electron chi connectivity index (χ3n) is 3.48. The van der Waals surface area contributed by atoms with Gasteiger partial charge < -0.3 is 15.1 Å². The normalized spacial score (nSPS) is 22.8. The highest BCUT2D eigenvalue weighted by atomic mass is 32.2. The van der Waals surface area contributed by atoms with E-state index in [0.29, 0.717) is 18.1 Å². The molecule has 1 saturated heterocycles. The number of nitrogens with zero attached hydrogens (tertiary/aromatic N) is 2. The Morgan fingerprint density at radius 1 is 1.47 bits per heavy atom. The molecule has 2 rings (SSSR count). The standard InChI is InChI=1S/C12H21N3O3S/c1-9-8-14(3)4-5-15(9)19(16,17)12-6-11(7-13)18-10(12)2/h6,9H,4-5,7-8,13H2,1-3H3. The van der Waals surface area contributed by atoms with E-state index in [2.05, 4.69) is 4.90 Å². The lowest BCUT2D eigenvalue weighted by Crippen LogP contribution is -2.52. The topological polar surface area (TPSA) is 79.8 Å². The van der Waals surface area contributed by atoms with E-state index < -0.39 is 10.0 Å². The first-order chi connectivity index (χ1) is 8.86. The summed E-state index contributed by atoms with van der Waals surface area (Å²) in [6, 6.07) is 1.50. The van der Waals surface area contributed by atoms with Crippen molar-refractivity contribution in [2.45, 2.75) is 31.3 Å². The van der Waals surface area contributed by atoms with Crippen molar-refractivity contribution in [3.05, 3.63) is 17.6 Å². The van der Waals surface area contributed by atoms with Crippen LogP contribution < -0.4 is 5.73 Å². The quantitative estimate of drug-likeness (QED) is 0.869. The molecule has 1 aliphatic heterocycles. The molecule has 1 aromatic heterocycles. The van der Waals surface area contributed by atoms with Crippen LogP contribution >= 0.6 is 0 Å². The van der Waals surface area contributed by atoms with Crippen LogP contribution in [0.5, 0.6) is 0 Å². The number of rotatable bonds is 3. The van der Waals surface area contributed by atoms with Gasteiger partial charge in [-0.05, 0) is 20.9 Å². The van der Waals surface area contributed by atoms with E-state index in [0.717, 1.165) is 13.1 Å². The number of likely N-dealkylation sites (N-methyl/N-ethyl adjacent to an activating group) is 1. The molecule has 0 radical (unpaired) electrons. The van der Waals surface area contributed by atoms with Crippen LogP contribution in [-0.4, -0.2) is 50.3 Å². The first kappa shape index (κ1) is 14.5. The van der Waals surface area contributed by atoms with E-state index in [1.54, 1.807) is 11.2 Å². The van der Waals surface area contributed by atoms with Gasteiger partial charge in [0.2, 0.25) is 10.0 Å². The van der Waals surface area contributed by atoms with E-state index in [9.17, 15) is 8.42 Å². The van der Waals surface area contributed by atoms with Gasteiger partial charge in [-0.25, -0.2) is 8.42 Å². The minimum atomic E-state index is -3.50. The minimum absolute atomic E-state index is 0.0422. The molecule has 6 nitrogen and oxygen atoms in total. The first-order valence-corrected chi connectivity index (χ1v) is 7.80. The summed E-state index contributed by atoms with van der Waals surface area (Å²) in [5.74, 6) is 0.907. The highest BCUT2D eigenvalue weighted by Crippen LogP contribution is 2.26. The van der Waals surface area contributed by atoms with Crippen LogP contribution in [0, 0.1) is 6.92 Å². The molecule has 1 fully saturated rings. The van der Waals surface area contributed by atoms with Gasteiger partial charge in [0.05, 0.1) is 6.54 Å². The fourth-order valence-electron chi connectivity index (χ4n) is 2.49. The molecular formula is C12H21N3O3S. The zero-order chi connectivity index (χ0) is 14.2. The summed E-state index contributed by atoms with van der Waals surface area (Å²) in [6.45, 7) is 5.76. The van der Waals surface area contributed by atoms with Gasteiger partial charge in [0.25, 0.3) is 0 Å². The molecule has 2 N–H and O–H groups in total. The number of hydrogen-bond donors (Lipinski definition) is 1. The molecule has 7 heteroatoms. The molecule has 1 aliphatic rings. The maximum Gasteiger partial charge on any atom is 0.246 e. The summed E-state index contributed by atoms with van der Waals surface area (Å²) in [6.07, 6.45) is 0. The Hall–Kier alpha value is -0.890. The predicted molar refractivity (Wildman–Crippen MR) is 72.2 cm³/mol. The van der Waals surface area contributed by atoms with Crippen molar-refractivity contribution in [2.24, 2.45) is 5.73 Å². The van der Waals surface area contributed by atoms with E-state index in [4.69, 9.17) is 10.2 Å². The van der Waals surface area contributed by atoms with Gasteiger partial charge in [0, 0.05) is 31.7 Å². The number of furan rings is 1. The zero-order valence-electron chi connectivity index (χ0n) is 11.6. The highest BCUT2D eigenvalue weighted by Gasteiger charge is 2.34. The number of piperazine rings is 1. The van der Waals surface area contributed by atoms with Gasteiger partial charge in [0.1, 0.15) is 16.4 Å². The van der Waals surface area contributed by atoms with Crippen LogP contribution in [-0.2, 0) is 16.6 Å². The Labute approximate surface area is 114 Å². The Kier molecular flexibility index (Phi) is 4.00. The van der Waals surface area contributed by atoms with Crippen LogP contribution in [0.25, 0.3) is 0 Å². The summed E-state index contributed by atoms with van der Waals surface area (Å²) < 4.78 is 32.2. The Morgan fingerprint density at radius 2 is 2.16 bits per heavy atom. The second-order valence-electron chi connectivity index (χ2n) is 5.06. The van der Waals surface area contributed by atoms with Crippen LogP contribution in [0.4, 0.5) is 0 Å². The molecule has 0 aromatic carbocycles. The molecule has 2 heterocycles. The fourth-order valence-corrected chi connectivity index (χ4v) is 4.29. The first-order valence-electron chi connectivity index (χ1n) is 6.36. The fraction of sp³-hybridized carbons (Fsp3) is 0.667. The number of sulfonamides is 1. The van der Waals surface area contributed by atoms with E-state index in [1.807, 2.05) is 14.0 Å². The lowest BCUT2D eigenvalue weighted by atomic mass is 10.2. The molecule has 1 atom stereocenters. The molecule has 0 bridgehead atoms. The van der Waals surface area contributed by atoms with Gasteiger partial charge in [-0.1, -0.05) is 0 Å². The lowest BCUT2D eigenvalue weighted by Gasteiger charge is -2.36. The van der Waals surface area contributed by atoms with E-state index in [-0.39, 0.29) is 17.5 Å². The van der Waals surface area contributed by atoms with E-state index in [1.165, 1.54) is 6.07 Å². The van der Waals surface area contributed by atoms with Gasteiger partial charge in [-0.2, -0.15) is 4.31 Å². The van der Waals surface area contributed by atoms with Gasteiger partial charge in [-0.15, -0.1) is 0 Å². The molecule has 0 saturated carbocycles. The van der Waals surface area contributed by atoms with Crippen LogP contribution in [0.3, 0.4) is 0 Å². The number of aryl methyl sites for hydroxylation is 1. The van der Waals surface area contributed by atoms with Crippen molar-refractivity contribution in [1.82, 2.24) is 9.21 Å². The highest BCUT2D eigenvalue weighted by molar-refractivity contribution is 7.89. The smallest absolute Gasteiger partial charge is 0.246 e. The minimum Gasteiger partial charge on any atom is -0.464 e. The zero-order valence-corrected chi connectivity index (χ0v) is 12.4. The van der Waals surface area contributed by atoms with Crippen LogP contribution in [0.1, 0.15) is 18.4 Å².